The van der Waals surface area contributed by atoms with E-state index in [4.69, 9.17) is 21.1 Å². The van der Waals surface area contributed by atoms with Crippen LogP contribution in [-0.4, -0.2) is 25.6 Å². The first kappa shape index (κ1) is 18.7. The Hall–Kier alpha value is -3.05. The molecule has 1 aliphatic heterocycles. The van der Waals surface area contributed by atoms with E-state index in [0.29, 0.717) is 22.9 Å². The number of aryl methyl sites for hydroxylation is 1. The highest BCUT2D eigenvalue weighted by molar-refractivity contribution is 6.30. The zero-order valence-electron chi connectivity index (χ0n) is 14.9. The predicted molar refractivity (Wildman–Crippen MR) is 105 cm³/mol. The van der Waals surface area contributed by atoms with Crippen molar-refractivity contribution in [2.75, 3.05) is 19.0 Å². The van der Waals surface area contributed by atoms with Crippen molar-refractivity contribution in [3.8, 4) is 5.75 Å². The van der Waals surface area contributed by atoms with E-state index < -0.39 is 5.97 Å². The van der Waals surface area contributed by atoms with Crippen LogP contribution in [0.25, 0.3) is 6.08 Å². The molecule has 0 saturated heterocycles. The van der Waals surface area contributed by atoms with Crippen LogP contribution in [0.5, 0.6) is 5.75 Å². The van der Waals surface area contributed by atoms with E-state index in [1.807, 2.05) is 25.1 Å². The molecule has 0 radical (unpaired) electrons. The molecule has 0 aliphatic carbocycles. The average Bonchev–Trinajstić information content (AvgIpc) is 2.67. The van der Waals surface area contributed by atoms with Gasteiger partial charge in [0.1, 0.15) is 12.4 Å². The number of halogens is 1. The number of hydrogen-bond donors (Lipinski definition) is 1. The van der Waals surface area contributed by atoms with Gasteiger partial charge < -0.3 is 14.8 Å². The Bertz CT molecular complexity index is 963. The molecule has 0 saturated carbocycles. The summed E-state index contributed by atoms with van der Waals surface area (Å²) >= 11 is 6.00. The fourth-order valence-electron chi connectivity index (χ4n) is 2.62. The zero-order valence-corrected chi connectivity index (χ0v) is 15.7. The van der Waals surface area contributed by atoms with Crippen molar-refractivity contribution >= 4 is 35.2 Å². The molecule has 0 aromatic heterocycles. The molecule has 27 heavy (non-hydrogen) atoms. The Morgan fingerprint density at radius 3 is 2.81 bits per heavy atom. The number of fused-ring (bicyclic) bond motifs is 1. The Kier molecular flexibility index (Phi) is 5.62. The Balaban J connectivity index is 1.72. The molecule has 1 aliphatic rings. The molecule has 3 rings (SSSR count). The lowest BCUT2D eigenvalue weighted by Crippen LogP contribution is -2.11. The van der Waals surface area contributed by atoms with Crippen LogP contribution in [0, 0.1) is 6.92 Å². The summed E-state index contributed by atoms with van der Waals surface area (Å²) in [5.74, 6) is -0.00274. The van der Waals surface area contributed by atoms with Crippen molar-refractivity contribution in [1.29, 1.82) is 0 Å². The normalized spacial score (nSPS) is 12.8. The minimum atomic E-state index is -0.456. The van der Waals surface area contributed by atoms with E-state index in [0.717, 1.165) is 22.4 Å². The van der Waals surface area contributed by atoms with E-state index in [-0.39, 0.29) is 5.91 Å². The molecule has 0 atom stereocenters. The van der Waals surface area contributed by atoms with Crippen LogP contribution in [0.4, 0.5) is 5.69 Å². The summed E-state index contributed by atoms with van der Waals surface area (Å²) < 4.78 is 10.4. The van der Waals surface area contributed by atoms with Crippen molar-refractivity contribution in [1.82, 2.24) is 0 Å². The summed E-state index contributed by atoms with van der Waals surface area (Å²) in [6.45, 7) is 2.22. The molecule has 5 nitrogen and oxygen atoms in total. The number of hydrogen-bond acceptors (Lipinski definition) is 4. The number of carbonyl (C=O) groups excluding carboxylic acids is 2. The van der Waals surface area contributed by atoms with Gasteiger partial charge in [0.2, 0.25) is 5.91 Å². The van der Waals surface area contributed by atoms with Gasteiger partial charge in [-0.25, -0.2) is 4.79 Å². The number of nitrogens with one attached hydrogen (secondary N) is 1. The van der Waals surface area contributed by atoms with Crippen molar-refractivity contribution < 1.29 is 19.1 Å². The number of rotatable bonds is 4. The zero-order chi connectivity index (χ0) is 19.4. The van der Waals surface area contributed by atoms with Crippen LogP contribution in [-0.2, 0) is 9.53 Å². The summed E-state index contributed by atoms with van der Waals surface area (Å²) in [6.07, 6.45) is 5.05. The van der Waals surface area contributed by atoms with E-state index in [2.05, 4.69) is 5.32 Å². The third-order valence-electron chi connectivity index (χ3n) is 4.07. The summed E-state index contributed by atoms with van der Waals surface area (Å²) in [5, 5.41) is 3.40. The van der Waals surface area contributed by atoms with Gasteiger partial charge in [0.15, 0.2) is 0 Å². The average molecular weight is 384 g/mol. The first-order chi connectivity index (χ1) is 13.0. The van der Waals surface area contributed by atoms with E-state index in [9.17, 15) is 9.59 Å². The standard InChI is InChI=1S/C21H18ClNO4/c1-13-3-5-15(21(25)26-2)11-18(13)23-20(24)8-4-14-9-16-10-17(22)6-7-19(16)27-12-14/h3-11H,12H2,1-2H3,(H,23,24)/b8-4+. The number of anilines is 1. The Morgan fingerprint density at radius 2 is 2.04 bits per heavy atom. The first-order valence-electron chi connectivity index (χ1n) is 8.27. The highest BCUT2D eigenvalue weighted by Crippen LogP contribution is 2.29. The van der Waals surface area contributed by atoms with Crippen LogP contribution in [0.3, 0.4) is 0 Å². The molecule has 0 fully saturated rings. The maximum Gasteiger partial charge on any atom is 0.337 e. The van der Waals surface area contributed by atoms with E-state index >= 15 is 0 Å². The monoisotopic (exact) mass is 383 g/mol. The number of amides is 1. The van der Waals surface area contributed by atoms with Crippen LogP contribution in [0.2, 0.25) is 5.02 Å². The van der Waals surface area contributed by atoms with Crippen LogP contribution in [0.1, 0.15) is 21.5 Å². The summed E-state index contributed by atoms with van der Waals surface area (Å²) in [5.41, 5.74) is 3.49. The molecule has 1 amide bonds. The van der Waals surface area contributed by atoms with E-state index in [1.165, 1.54) is 13.2 Å². The molecule has 2 aromatic carbocycles. The van der Waals surface area contributed by atoms with Crippen molar-refractivity contribution in [3.05, 3.63) is 75.8 Å². The molecular weight excluding hydrogens is 366 g/mol. The van der Waals surface area contributed by atoms with Crippen LogP contribution in [0.15, 0.2) is 54.1 Å². The van der Waals surface area contributed by atoms with Gasteiger partial charge in [-0.15, -0.1) is 0 Å². The van der Waals surface area contributed by atoms with Crippen LogP contribution < -0.4 is 10.1 Å². The molecule has 0 unspecified atom stereocenters. The fraction of sp³-hybridized carbons (Fsp3) is 0.143. The van der Waals surface area contributed by atoms with Gasteiger partial charge in [-0.1, -0.05) is 23.7 Å². The second-order valence-corrected chi connectivity index (χ2v) is 6.47. The van der Waals surface area contributed by atoms with Crippen molar-refractivity contribution in [2.45, 2.75) is 6.92 Å². The van der Waals surface area contributed by atoms with Gasteiger partial charge in [0.05, 0.1) is 12.7 Å². The lowest BCUT2D eigenvalue weighted by molar-refractivity contribution is -0.111. The van der Waals surface area contributed by atoms with Crippen molar-refractivity contribution in [3.63, 3.8) is 0 Å². The lowest BCUT2D eigenvalue weighted by Gasteiger charge is -2.16. The highest BCUT2D eigenvalue weighted by Gasteiger charge is 2.11. The Labute approximate surface area is 162 Å². The quantitative estimate of drug-likeness (QED) is 0.627. The molecule has 0 bridgehead atoms. The van der Waals surface area contributed by atoms with Crippen molar-refractivity contribution in [2.24, 2.45) is 0 Å². The fourth-order valence-corrected chi connectivity index (χ4v) is 2.80. The largest absolute Gasteiger partial charge is 0.488 e. The van der Waals surface area contributed by atoms with Gasteiger partial charge in [-0.05, 0) is 54.5 Å². The summed E-state index contributed by atoms with van der Waals surface area (Å²) in [7, 11) is 1.31. The lowest BCUT2D eigenvalue weighted by atomic mass is 10.1. The number of ether oxygens (including phenoxy) is 2. The highest BCUT2D eigenvalue weighted by atomic mass is 35.5. The minimum absolute atomic E-state index is 0.307. The Morgan fingerprint density at radius 1 is 1.22 bits per heavy atom. The van der Waals surface area contributed by atoms with Gasteiger partial charge in [0, 0.05) is 22.3 Å². The molecular formula is C21H18ClNO4. The molecule has 1 N–H and O–H groups in total. The molecule has 6 heteroatoms. The van der Waals surface area contributed by atoms with Gasteiger partial charge >= 0.3 is 5.97 Å². The summed E-state index contributed by atoms with van der Waals surface area (Å²) in [6, 6.07) is 10.4. The van der Waals surface area contributed by atoms with Crippen LogP contribution >= 0.6 is 11.6 Å². The number of carbonyl (C=O) groups is 2. The molecule has 138 valence electrons. The number of esters is 1. The number of methoxy groups -OCH3 is 1. The maximum absolute atomic E-state index is 12.3. The topological polar surface area (TPSA) is 64.6 Å². The van der Waals surface area contributed by atoms with Gasteiger partial charge in [-0.3, -0.25) is 4.79 Å². The van der Waals surface area contributed by atoms with Gasteiger partial charge in [0.25, 0.3) is 0 Å². The maximum atomic E-state index is 12.3. The molecule has 0 spiro atoms. The SMILES string of the molecule is COC(=O)c1ccc(C)c(NC(=O)/C=C/C2=Cc3cc(Cl)ccc3OC2)c1. The second-order valence-electron chi connectivity index (χ2n) is 6.03. The first-order valence-corrected chi connectivity index (χ1v) is 8.65. The molecule has 1 heterocycles. The number of benzene rings is 2. The van der Waals surface area contributed by atoms with E-state index in [1.54, 1.807) is 30.3 Å². The predicted octanol–water partition coefficient (Wildman–Crippen LogP) is 4.41. The smallest absolute Gasteiger partial charge is 0.337 e. The third kappa shape index (κ3) is 4.57. The minimum Gasteiger partial charge on any atom is -0.488 e. The summed E-state index contributed by atoms with van der Waals surface area (Å²) in [4.78, 5) is 23.9. The van der Waals surface area contributed by atoms with Gasteiger partial charge in [-0.2, -0.15) is 0 Å². The second kappa shape index (κ2) is 8.10. The molecule has 2 aromatic rings. The third-order valence-corrected chi connectivity index (χ3v) is 4.31.